The maximum absolute atomic E-state index is 11.8. The molecule has 7 nitrogen and oxygen atoms in total. The van der Waals surface area contributed by atoms with Gasteiger partial charge in [-0.25, -0.2) is 4.79 Å². The zero-order chi connectivity index (χ0) is 13.5. The molecule has 0 saturated heterocycles. The Morgan fingerprint density at radius 1 is 1.61 bits per heavy atom. The van der Waals surface area contributed by atoms with Crippen LogP contribution in [0.25, 0.3) is 0 Å². The number of hydrogen-bond acceptors (Lipinski definition) is 3. The molecule has 1 heterocycles. The van der Waals surface area contributed by atoms with E-state index in [0.717, 1.165) is 5.56 Å². The Morgan fingerprint density at radius 3 is 2.89 bits per heavy atom. The Bertz CT molecular complexity index is 391. The minimum Gasteiger partial charge on any atom is -0.481 e. The molecule has 3 N–H and O–H groups in total. The van der Waals surface area contributed by atoms with E-state index in [2.05, 4.69) is 15.5 Å². The Balaban J connectivity index is 2.33. The summed E-state index contributed by atoms with van der Waals surface area (Å²) in [4.78, 5) is 23.7. The summed E-state index contributed by atoms with van der Waals surface area (Å²) in [5, 5.41) is 17.8. The molecule has 1 rings (SSSR count). The highest BCUT2D eigenvalue weighted by Gasteiger charge is 2.13. The number of amides is 2. The van der Waals surface area contributed by atoms with E-state index in [1.54, 1.807) is 26.4 Å². The second-order valence-electron chi connectivity index (χ2n) is 4.25. The number of aliphatic carboxylic acids is 1. The zero-order valence-electron chi connectivity index (χ0n) is 10.5. The van der Waals surface area contributed by atoms with Crippen molar-refractivity contribution in [3.05, 3.63) is 18.0 Å². The maximum atomic E-state index is 11.8. The number of carboxylic acid groups (broad SMARTS) is 1. The Kier molecular flexibility index (Phi) is 5.16. The van der Waals surface area contributed by atoms with Gasteiger partial charge in [-0.05, 0) is 13.3 Å². The number of nitrogens with zero attached hydrogens (tertiary/aromatic N) is 2. The normalized spacial score (nSPS) is 11.9. The van der Waals surface area contributed by atoms with Crippen LogP contribution in [-0.2, 0) is 11.3 Å². The molecule has 1 unspecified atom stereocenters. The third-order valence-corrected chi connectivity index (χ3v) is 2.48. The summed E-state index contributed by atoms with van der Waals surface area (Å²) in [6, 6.07) is -0.394. The lowest BCUT2D eigenvalue weighted by atomic mass is 10.2. The van der Waals surface area contributed by atoms with Gasteiger partial charge in [-0.1, -0.05) is 0 Å². The first-order chi connectivity index (χ1) is 8.49. The smallest absolute Gasteiger partial charge is 0.317 e. The van der Waals surface area contributed by atoms with Crippen molar-refractivity contribution in [2.24, 2.45) is 0 Å². The minimum absolute atomic E-state index is 0.0485. The van der Waals surface area contributed by atoms with Crippen LogP contribution in [0.3, 0.4) is 0 Å². The summed E-state index contributed by atoms with van der Waals surface area (Å²) in [5.74, 6) is -0.858. The van der Waals surface area contributed by atoms with Crippen molar-refractivity contribution in [1.82, 2.24) is 20.4 Å². The van der Waals surface area contributed by atoms with Crippen molar-refractivity contribution in [1.29, 1.82) is 0 Å². The van der Waals surface area contributed by atoms with Crippen LogP contribution in [0, 0.1) is 0 Å². The molecule has 1 aromatic rings. The van der Waals surface area contributed by atoms with Gasteiger partial charge in [0.2, 0.25) is 0 Å². The first-order valence-electron chi connectivity index (χ1n) is 5.70. The minimum atomic E-state index is -0.858. The van der Waals surface area contributed by atoms with Crippen LogP contribution in [0.2, 0.25) is 0 Å². The fourth-order valence-electron chi connectivity index (χ4n) is 1.44. The predicted octanol–water partition coefficient (Wildman–Crippen LogP) is 0.804. The van der Waals surface area contributed by atoms with Gasteiger partial charge in [0.25, 0.3) is 0 Å². The number of carbonyl (C=O) groups excluding carboxylic acids is 1. The molecular weight excluding hydrogens is 236 g/mol. The van der Waals surface area contributed by atoms with Gasteiger partial charge >= 0.3 is 12.0 Å². The number of hydrogen-bond donors (Lipinski definition) is 3. The third kappa shape index (κ3) is 4.86. The van der Waals surface area contributed by atoms with Gasteiger partial charge in [-0.3, -0.25) is 9.89 Å². The molecule has 0 aromatic carbocycles. The molecule has 0 spiro atoms. The molecular formula is C11H18N4O3. The molecule has 0 saturated carbocycles. The van der Waals surface area contributed by atoms with Crippen molar-refractivity contribution in [2.45, 2.75) is 32.4 Å². The molecule has 0 radical (unpaired) electrons. The molecule has 0 aliphatic heterocycles. The lowest BCUT2D eigenvalue weighted by molar-refractivity contribution is -0.137. The lowest BCUT2D eigenvalue weighted by Gasteiger charge is -2.20. The van der Waals surface area contributed by atoms with E-state index >= 15 is 0 Å². The van der Waals surface area contributed by atoms with Crippen molar-refractivity contribution in [3.8, 4) is 0 Å². The van der Waals surface area contributed by atoms with Crippen molar-refractivity contribution in [3.63, 3.8) is 0 Å². The van der Waals surface area contributed by atoms with Crippen LogP contribution in [0.4, 0.5) is 4.79 Å². The number of aromatic nitrogens is 2. The standard InChI is InChI=1S/C11H18N4O3/c1-8(3-4-10(16)17)14-11(18)15(2)7-9-5-12-13-6-9/h5-6,8H,3-4,7H2,1-2H3,(H,12,13)(H,14,18)(H,16,17). The molecule has 0 fully saturated rings. The molecule has 7 heteroatoms. The van der Waals surface area contributed by atoms with Gasteiger partial charge in [-0.2, -0.15) is 5.10 Å². The van der Waals surface area contributed by atoms with Crippen LogP contribution in [0.1, 0.15) is 25.3 Å². The van der Waals surface area contributed by atoms with Crippen LogP contribution in [0.5, 0.6) is 0 Å². The highest BCUT2D eigenvalue weighted by molar-refractivity contribution is 5.74. The first kappa shape index (κ1) is 14.0. The number of carbonyl (C=O) groups is 2. The van der Waals surface area contributed by atoms with Crippen molar-refractivity contribution < 1.29 is 14.7 Å². The SMILES string of the molecule is CC(CCC(=O)O)NC(=O)N(C)Cc1cn[nH]c1. The summed E-state index contributed by atoms with van der Waals surface area (Å²) in [6.45, 7) is 2.24. The largest absolute Gasteiger partial charge is 0.481 e. The average molecular weight is 254 g/mol. The maximum Gasteiger partial charge on any atom is 0.317 e. The summed E-state index contributed by atoms with van der Waals surface area (Å²) in [6.07, 6.45) is 3.84. The summed E-state index contributed by atoms with van der Waals surface area (Å²) in [5.41, 5.74) is 0.908. The first-order valence-corrected chi connectivity index (χ1v) is 5.70. The lowest BCUT2D eigenvalue weighted by Crippen LogP contribution is -2.41. The van der Waals surface area contributed by atoms with Gasteiger partial charge in [0.1, 0.15) is 0 Å². The summed E-state index contributed by atoms with van der Waals surface area (Å²) >= 11 is 0. The van der Waals surface area contributed by atoms with Crippen molar-refractivity contribution in [2.75, 3.05) is 7.05 Å². The van der Waals surface area contributed by atoms with E-state index in [4.69, 9.17) is 5.11 Å². The predicted molar refractivity (Wildman–Crippen MR) is 64.9 cm³/mol. The van der Waals surface area contributed by atoms with Gasteiger partial charge in [0, 0.05) is 31.3 Å². The Morgan fingerprint density at radius 2 is 2.33 bits per heavy atom. The average Bonchev–Trinajstić information content (AvgIpc) is 2.79. The molecule has 0 aliphatic carbocycles. The number of H-pyrrole nitrogens is 1. The second-order valence-corrected chi connectivity index (χ2v) is 4.25. The van der Waals surface area contributed by atoms with Crippen LogP contribution >= 0.6 is 0 Å². The van der Waals surface area contributed by atoms with E-state index in [1.807, 2.05) is 0 Å². The molecule has 0 aliphatic rings. The van der Waals surface area contributed by atoms with Crippen LogP contribution < -0.4 is 5.32 Å². The van der Waals surface area contributed by atoms with Crippen molar-refractivity contribution >= 4 is 12.0 Å². The van der Waals surface area contributed by atoms with Crippen LogP contribution in [-0.4, -0.2) is 45.3 Å². The highest BCUT2D eigenvalue weighted by Crippen LogP contribution is 2.02. The quantitative estimate of drug-likeness (QED) is 0.699. The number of aromatic amines is 1. The monoisotopic (exact) mass is 254 g/mol. The van der Waals surface area contributed by atoms with Gasteiger partial charge < -0.3 is 15.3 Å². The summed E-state index contributed by atoms with van der Waals surface area (Å²) in [7, 11) is 1.67. The highest BCUT2D eigenvalue weighted by atomic mass is 16.4. The second kappa shape index (κ2) is 6.63. The zero-order valence-corrected chi connectivity index (χ0v) is 10.5. The van der Waals surface area contributed by atoms with Gasteiger partial charge in [0.15, 0.2) is 0 Å². The van der Waals surface area contributed by atoms with E-state index < -0.39 is 5.97 Å². The fourth-order valence-corrected chi connectivity index (χ4v) is 1.44. The molecule has 1 aromatic heterocycles. The molecule has 18 heavy (non-hydrogen) atoms. The Labute approximate surface area is 105 Å². The molecule has 2 amide bonds. The number of rotatable bonds is 6. The third-order valence-electron chi connectivity index (χ3n) is 2.48. The van der Waals surface area contributed by atoms with E-state index in [1.165, 1.54) is 4.90 Å². The Hall–Kier alpha value is -2.05. The molecule has 0 bridgehead atoms. The van der Waals surface area contributed by atoms with Crippen LogP contribution in [0.15, 0.2) is 12.4 Å². The molecule has 100 valence electrons. The fraction of sp³-hybridized carbons (Fsp3) is 0.545. The number of carboxylic acids is 1. The number of nitrogens with one attached hydrogen (secondary N) is 2. The molecule has 1 atom stereocenters. The van der Waals surface area contributed by atoms with Gasteiger partial charge in [0.05, 0.1) is 12.7 Å². The van der Waals surface area contributed by atoms with E-state index in [0.29, 0.717) is 13.0 Å². The van der Waals surface area contributed by atoms with Gasteiger partial charge in [-0.15, -0.1) is 0 Å². The number of urea groups is 1. The topological polar surface area (TPSA) is 98.3 Å². The van der Waals surface area contributed by atoms with E-state index in [9.17, 15) is 9.59 Å². The summed E-state index contributed by atoms with van der Waals surface area (Å²) < 4.78 is 0. The van der Waals surface area contributed by atoms with E-state index in [-0.39, 0.29) is 18.5 Å².